The first kappa shape index (κ1) is 31.8. The predicted octanol–water partition coefficient (Wildman–Crippen LogP) is 7.02. The number of nitro benzene ring substituents is 2. The molecule has 0 saturated heterocycles. The number of carbonyl (C=O) groups excluding carboxylic acids is 1. The van der Waals surface area contributed by atoms with Gasteiger partial charge in [0.05, 0.1) is 34.3 Å². The molecule has 2 aromatic carbocycles. The maximum atomic E-state index is 13.2. The lowest BCUT2D eigenvalue weighted by atomic mass is 9.86. The Kier molecular flexibility index (Phi) is 9.71. The van der Waals surface area contributed by atoms with Crippen molar-refractivity contribution in [1.82, 2.24) is 10.3 Å². The summed E-state index contributed by atoms with van der Waals surface area (Å²) in [6.45, 7) is 7.02. The molecule has 5 rings (SSSR count). The van der Waals surface area contributed by atoms with Crippen LogP contribution >= 0.6 is 0 Å². The maximum Gasteiger partial charge on any atom is 0.308 e. The number of methoxy groups -OCH3 is 1. The van der Waals surface area contributed by atoms with Crippen LogP contribution in [0.5, 0.6) is 0 Å². The molecule has 44 heavy (non-hydrogen) atoms. The third-order valence-electron chi connectivity index (χ3n) is 7.60. The van der Waals surface area contributed by atoms with E-state index in [2.05, 4.69) is 15.6 Å². The van der Waals surface area contributed by atoms with Crippen LogP contribution in [0.2, 0.25) is 0 Å². The van der Waals surface area contributed by atoms with Gasteiger partial charge in [0.15, 0.2) is 0 Å². The summed E-state index contributed by atoms with van der Waals surface area (Å²) >= 11 is 0. The number of rotatable bonds is 7. The fraction of sp³-hybridized carbons (Fsp3) is 0.367. The number of halogens is 1. The molecule has 13 nitrogen and oxygen atoms in total. The van der Waals surface area contributed by atoms with Crippen LogP contribution in [-0.4, -0.2) is 39.3 Å². The standard InChI is InChI=1S/C19H23N3O5.C11H9FN2O3/c1-11-18(12(2)27-21-11)14-6-9-16(17(10-14)22(24)25)20-15-7-4-13(5-8-15)19(23)26-3;1-6-11(7(2)17-13-6)8-3-4-9(12)10(5-8)14(15)16/h6,9-10,13,15,20H,4-5,7-8H2,1-3H3;3-5H,1-2H3. The van der Waals surface area contributed by atoms with Crippen molar-refractivity contribution in [1.29, 1.82) is 0 Å². The van der Waals surface area contributed by atoms with Crippen LogP contribution in [-0.2, 0) is 9.53 Å². The molecule has 1 aliphatic carbocycles. The number of aromatic nitrogens is 2. The number of nitrogens with one attached hydrogen (secondary N) is 1. The third-order valence-corrected chi connectivity index (χ3v) is 7.60. The Morgan fingerprint density at radius 3 is 1.82 bits per heavy atom. The van der Waals surface area contributed by atoms with E-state index in [1.807, 2.05) is 13.0 Å². The molecular formula is C30H32FN5O8. The zero-order valence-electron chi connectivity index (χ0n) is 24.9. The van der Waals surface area contributed by atoms with E-state index >= 15 is 0 Å². The summed E-state index contributed by atoms with van der Waals surface area (Å²) in [5.74, 6) is 0.0609. The van der Waals surface area contributed by atoms with Gasteiger partial charge in [-0.15, -0.1) is 0 Å². The molecule has 1 aliphatic rings. The Hall–Kier alpha value is -5.14. The van der Waals surface area contributed by atoms with E-state index in [0.29, 0.717) is 45.3 Å². The second-order valence-corrected chi connectivity index (χ2v) is 10.5. The molecule has 232 valence electrons. The van der Waals surface area contributed by atoms with Crippen LogP contribution in [0.3, 0.4) is 0 Å². The summed E-state index contributed by atoms with van der Waals surface area (Å²) in [5, 5.41) is 33.2. The zero-order valence-corrected chi connectivity index (χ0v) is 24.9. The molecule has 0 spiro atoms. The molecule has 0 radical (unpaired) electrons. The van der Waals surface area contributed by atoms with Gasteiger partial charge in [0.25, 0.3) is 5.69 Å². The van der Waals surface area contributed by atoms with Gasteiger partial charge < -0.3 is 19.1 Å². The van der Waals surface area contributed by atoms with E-state index in [9.17, 15) is 29.4 Å². The molecule has 0 atom stereocenters. The number of anilines is 1. The minimum Gasteiger partial charge on any atom is -0.469 e. The van der Waals surface area contributed by atoms with Crippen molar-refractivity contribution < 1.29 is 32.8 Å². The smallest absolute Gasteiger partial charge is 0.308 e. The first-order chi connectivity index (χ1) is 20.9. The molecule has 0 amide bonds. The molecule has 0 bridgehead atoms. The fourth-order valence-corrected chi connectivity index (χ4v) is 5.42. The summed E-state index contributed by atoms with van der Waals surface area (Å²) < 4.78 is 28.1. The molecule has 1 N–H and O–H groups in total. The first-order valence-electron chi connectivity index (χ1n) is 13.8. The van der Waals surface area contributed by atoms with Crippen LogP contribution in [0, 0.1) is 59.7 Å². The van der Waals surface area contributed by atoms with Crippen LogP contribution in [0.15, 0.2) is 45.4 Å². The number of carbonyl (C=O) groups is 1. The van der Waals surface area contributed by atoms with Gasteiger partial charge in [-0.05, 0) is 76.6 Å². The highest BCUT2D eigenvalue weighted by Gasteiger charge is 2.28. The van der Waals surface area contributed by atoms with Crippen LogP contribution in [0.25, 0.3) is 22.3 Å². The van der Waals surface area contributed by atoms with Gasteiger partial charge in [-0.1, -0.05) is 22.4 Å². The first-order valence-corrected chi connectivity index (χ1v) is 13.8. The third kappa shape index (κ3) is 6.90. The van der Waals surface area contributed by atoms with Crippen molar-refractivity contribution in [3.8, 4) is 22.3 Å². The predicted molar refractivity (Wildman–Crippen MR) is 157 cm³/mol. The maximum absolute atomic E-state index is 13.2. The van der Waals surface area contributed by atoms with E-state index in [0.717, 1.165) is 37.3 Å². The van der Waals surface area contributed by atoms with Gasteiger partial charge in [0.1, 0.15) is 17.2 Å². The second-order valence-electron chi connectivity index (χ2n) is 10.5. The van der Waals surface area contributed by atoms with E-state index in [4.69, 9.17) is 13.8 Å². The number of hydrogen-bond donors (Lipinski definition) is 1. The Morgan fingerprint density at radius 1 is 0.864 bits per heavy atom. The van der Waals surface area contributed by atoms with Crippen molar-refractivity contribution >= 4 is 23.0 Å². The molecule has 0 unspecified atom stereocenters. The van der Waals surface area contributed by atoms with Crippen LogP contribution < -0.4 is 5.32 Å². The summed E-state index contributed by atoms with van der Waals surface area (Å²) in [5.41, 5.74) is 3.93. The lowest BCUT2D eigenvalue weighted by Gasteiger charge is -2.28. The molecule has 1 saturated carbocycles. The monoisotopic (exact) mass is 609 g/mol. The van der Waals surface area contributed by atoms with Gasteiger partial charge in [-0.25, -0.2) is 0 Å². The fourth-order valence-electron chi connectivity index (χ4n) is 5.42. The van der Waals surface area contributed by atoms with Crippen molar-refractivity contribution in [2.45, 2.75) is 59.4 Å². The Labute approximate surface area is 251 Å². The van der Waals surface area contributed by atoms with E-state index in [-0.39, 0.29) is 28.5 Å². The largest absolute Gasteiger partial charge is 0.469 e. The van der Waals surface area contributed by atoms with Crippen LogP contribution in [0.4, 0.5) is 21.5 Å². The highest BCUT2D eigenvalue weighted by Crippen LogP contribution is 2.36. The lowest BCUT2D eigenvalue weighted by Crippen LogP contribution is -2.30. The van der Waals surface area contributed by atoms with Crippen molar-refractivity contribution in [3.05, 3.63) is 85.4 Å². The number of benzene rings is 2. The van der Waals surface area contributed by atoms with Gasteiger partial charge in [-0.2, -0.15) is 4.39 Å². The summed E-state index contributed by atoms with van der Waals surface area (Å²) in [7, 11) is 1.40. The molecule has 1 fully saturated rings. The quantitative estimate of drug-likeness (QED) is 0.129. The lowest BCUT2D eigenvalue weighted by molar-refractivity contribution is -0.387. The summed E-state index contributed by atoms with van der Waals surface area (Å²) in [4.78, 5) is 32.7. The van der Waals surface area contributed by atoms with E-state index < -0.39 is 16.4 Å². The van der Waals surface area contributed by atoms with Crippen molar-refractivity contribution in [2.75, 3.05) is 12.4 Å². The Morgan fingerprint density at radius 2 is 1.36 bits per heavy atom. The van der Waals surface area contributed by atoms with E-state index in [1.54, 1.807) is 32.9 Å². The number of hydrogen-bond acceptors (Lipinski definition) is 11. The summed E-state index contributed by atoms with van der Waals surface area (Å²) in [6.07, 6.45) is 2.97. The molecule has 14 heteroatoms. The highest BCUT2D eigenvalue weighted by atomic mass is 19.1. The Balaban J connectivity index is 0.000000223. The second kappa shape index (κ2) is 13.4. The average Bonchev–Trinajstić information content (AvgIpc) is 3.52. The van der Waals surface area contributed by atoms with E-state index in [1.165, 1.54) is 19.2 Å². The number of nitro groups is 2. The SMILES string of the molecule is COC(=O)C1CCC(Nc2ccc(-c3c(C)noc3C)cc2[N+](=O)[O-])CC1.Cc1noc(C)c1-c1ccc(F)c([N+](=O)[O-])c1. The topological polar surface area (TPSA) is 177 Å². The van der Waals surface area contributed by atoms with Gasteiger partial charge in [0, 0.05) is 29.3 Å². The minimum absolute atomic E-state index is 0.0163. The van der Waals surface area contributed by atoms with Gasteiger partial charge in [-0.3, -0.25) is 25.0 Å². The highest BCUT2D eigenvalue weighted by molar-refractivity contribution is 5.76. The normalized spacial score (nSPS) is 16.0. The van der Waals surface area contributed by atoms with Crippen LogP contribution in [0.1, 0.15) is 48.6 Å². The summed E-state index contributed by atoms with van der Waals surface area (Å²) in [6, 6.07) is 8.92. The number of ether oxygens (including phenoxy) is 1. The van der Waals surface area contributed by atoms with Crippen molar-refractivity contribution in [3.63, 3.8) is 0 Å². The molecule has 2 aromatic heterocycles. The molecule has 2 heterocycles. The van der Waals surface area contributed by atoms with Crippen molar-refractivity contribution in [2.24, 2.45) is 5.92 Å². The minimum atomic E-state index is -0.856. The van der Waals surface area contributed by atoms with Gasteiger partial charge in [0.2, 0.25) is 5.82 Å². The molecular weight excluding hydrogens is 577 g/mol. The Bertz CT molecular complexity index is 1650. The molecule has 0 aliphatic heterocycles. The number of nitrogens with zero attached hydrogens (tertiary/aromatic N) is 4. The number of esters is 1. The zero-order chi connectivity index (χ0) is 32.1. The van der Waals surface area contributed by atoms with Gasteiger partial charge >= 0.3 is 11.7 Å². The average molecular weight is 610 g/mol. The number of aryl methyl sites for hydroxylation is 4. The molecule has 4 aromatic rings.